The number of carbonyl (C=O) groups excluding carboxylic acids is 1. The Morgan fingerprint density at radius 2 is 1.74 bits per heavy atom. The number of rotatable bonds is 5. The summed E-state index contributed by atoms with van der Waals surface area (Å²) in [6.45, 7) is 2.22. The van der Waals surface area contributed by atoms with Gasteiger partial charge in [0, 0.05) is 19.2 Å². The monoisotopic (exact) mass is 332 g/mol. The molecule has 0 fully saturated rings. The van der Waals surface area contributed by atoms with E-state index in [1.54, 1.807) is 37.1 Å². The van der Waals surface area contributed by atoms with Crippen molar-refractivity contribution in [3.8, 4) is 0 Å². The topological polar surface area (TPSA) is 66.5 Å². The number of anilines is 1. The van der Waals surface area contributed by atoms with Crippen LogP contribution in [0.2, 0.25) is 0 Å². The predicted octanol–water partition coefficient (Wildman–Crippen LogP) is 2.64. The van der Waals surface area contributed by atoms with Crippen LogP contribution in [-0.4, -0.2) is 32.5 Å². The van der Waals surface area contributed by atoms with E-state index in [4.69, 9.17) is 0 Å². The van der Waals surface area contributed by atoms with Crippen LogP contribution in [0.4, 0.5) is 5.69 Å². The van der Waals surface area contributed by atoms with Gasteiger partial charge in [-0.2, -0.15) is 0 Å². The summed E-state index contributed by atoms with van der Waals surface area (Å²) in [7, 11) is -1.66. The maximum Gasteiger partial charge on any atom is 0.254 e. The standard InChI is InChI=1S/C17H20N2O3S/c1-13-15(10-7-11-16(13)18-23(3,21)22)17(20)19(2)12-14-8-5-4-6-9-14/h4-11,18H,12H2,1-3H3. The highest BCUT2D eigenvalue weighted by Gasteiger charge is 2.17. The zero-order valence-electron chi connectivity index (χ0n) is 13.4. The summed E-state index contributed by atoms with van der Waals surface area (Å²) in [6.07, 6.45) is 1.09. The van der Waals surface area contributed by atoms with Crippen LogP contribution >= 0.6 is 0 Å². The van der Waals surface area contributed by atoms with Crippen LogP contribution in [0, 0.1) is 6.92 Å². The van der Waals surface area contributed by atoms with E-state index in [2.05, 4.69) is 4.72 Å². The number of hydrogen-bond donors (Lipinski definition) is 1. The van der Waals surface area contributed by atoms with E-state index in [9.17, 15) is 13.2 Å². The second kappa shape index (κ2) is 6.83. The third kappa shape index (κ3) is 4.56. The number of nitrogens with one attached hydrogen (secondary N) is 1. The van der Waals surface area contributed by atoms with Crippen LogP contribution in [0.25, 0.3) is 0 Å². The van der Waals surface area contributed by atoms with E-state index in [1.165, 1.54) is 0 Å². The largest absolute Gasteiger partial charge is 0.337 e. The lowest BCUT2D eigenvalue weighted by Gasteiger charge is -2.19. The summed E-state index contributed by atoms with van der Waals surface area (Å²) >= 11 is 0. The van der Waals surface area contributed by atoms with Crippen LogP contribution in [0.5, 0.6) is 0 Å². The van der Waals surface area contributed by atoms with Crippen LogP contribution < -0.4 is 4.72 Å². The van der Waals surface area contributed by atoms with Crippen molar-refractivity contribution in [2.24, 2.45) is 0 Å². The first-order valence-corrected chi connectivity index (χ1v) is 9.04. The Morgan fingerprint density at radius 3 is 2.35 bits per heavy atom. The van der Waals surface area contributed by atoms with Crippen LogP contribution in [0.3, 0.4) is 0 Å². The molecule has 1 N–H and O–H groups in total. The Labute approximate surface area is 137 Å². The Hall–Kier alpha value is -2.34. The molecule has 0 aliphatic rings. The fourth-order valence-electron chi connectivity index (χ4n) is 2.31. The molecule has 2 aromatic carbocycles. The molecule has 0 radical (unpaired) electrons. The maximum atomic E-state index is 12.6. The van der Waals surface area contributed by atoms with Crippen molar-refractivity contribution < 1.29 is 13.2 Å². The van der Waals surface area contributed by atoms with Gasteiger partial charge in [-0.15, -0.1) is 0 Å². The van der Waals surface area contributed by atoms with Gasteiger partial charge in [0.1, 0.15) is 0 Å². The Morgan fingerprint density at radius 1 is 1.09 bits per heavy atom. The minimum atomic E-state index is -3.39. The van der Waals surface area contributed by atoms with E-state index in [1.807, 2.05) is 30.3 Å². The van der Waals surface area contributed by atoms with Gasteiger partial charge in [0.15, 0.2) is 0 Å². The highest BCUT2D eigenvalue weighted by molar-refractivity contribution is 7.92. The van der Waals surface area contributed by atoms with Crippen molar-refractivity contribution in [3.05, 3.63) is 65.2 Å². The zero-order chi connectivity index (χ0) is 17.0. The van der Waals surface area contributed by atoms with Gasteiger partial charge in [0.2, 0.25) is 10.0 Å². The smallest absolute Gasteiger partial charge is 0.254 e. The molecule has 0 saturated heterocycles. The van der Waals surface area contributed by atoms with Gasteiger partial charge in [-0.05, 0) is 30.2 Å². The zero-order valence-corrected chi connectivity index (χ0v) is 14.2. The van der Waals surface area contributed by atoms with E-state index >= 15 is 0 Å². The minimum absolute atomic E-state index is 0.150. The van der Waals surface area contributed by atoms with E-state index < -0.39 is 10.0 Å². The molecule has 0 aromatic heterocycles. The lowest BCUT2D eigenvalue weighted by Crippen LogP contribution is -2.27. The summed E-state index contributed by atoms with van der Waals surface area (Å²) in [6, 6.07) is 14.7. The molecule has 6 heteroatoms. The molecule has 0 aliphatic carbocycles. The van der Waals surface area contributed by atoms with Gasteiger partial charge in [0.25, 0.3) is 5.91 Å². The summed E-state index contributed by atoms with van der Waals surface area (Å²) in [5.74, 6) is -0.150. The van der Waals surface area contributed by atoms with Crippen molar-refractivity contribution in [1.29, 1.82) is 0 Å². The van der Waals surface area contributed by atoms with Crippen molar-refractivity contribution in [3.63, 3.8) is 0 Å². The molecule has 0 atom stereocenters. The Balaban J connectivity index is 2.24. The predicted molar refractivity (Wildman–Crippen MR) is 91.9 cm³/mol. The number of carbonyl (C=O) groups is 1. The summed E-state index contributed by atoms with van der Waals surface area (Å²) < 4.78 is 25.2. The molecule has 0 saturated carbocycles. The highest BCUT2D eigenvalue weighted by Crippen LogP contribution is 2.21. The lowest BCUT2D eigenvalue weighted by molar-refractivity contribution is 0.0784. The fraction of sp³-hybridized carbons (Fsp3) is 0.235. The molecule has 5 nitrogen and oxygen atoms in total. The first kappa shape index (κ1) is 17.0. The van der Waals surface area contributed by atoms with Gasteiger partial charge in [-0.3, -0.25) is 9.52 Å². The molecule has 2 rings (SSSR count). The first-order chi connectivity index (χ1) is 10.8. The number of hydrogen-bond acceptors (Lipinski definition) is 3. The van der Waals surface area contributed by atoms with E-state index in [0.717, 1.165) is 11.8 Å². The van der Waals surface area contributed by atoms with E-state index in [-0.39, 0.29) is 5.91 Å². The molecular weight excluding hydrogens is 312 g/mol. The highest BCUT2D eigenvalue weighted by atomic mass is 32.2. The lowest BCUT2D eigenvalue weighted by atomic mass is 10.1. The summed E-state index contributed by atoms with van der Waals surface area (Å²) in [5.41, 5.74) is 2.55. The molecule has 2 aromatic rings. The summed E-state index contributed by atoms with van der Waals surface area (Å²) in [5, 5.41) is 0. The Kier molecular flexibility index (Phi) is 5.05. The molecule has 1 amide bonds. The molecule has 23 heavy (non-hydrogen) atoms. The van der Waals surface area contributed by atoms with Crippen LogP contribution in [0.15, 0.2) is 48.5 Å². The molecule has 0 bridgehead atoms. The molecular formula is C17H20N2O3S. The Bertz CT molecular complexity index is 802. The fourth-order valence-corrected chi connectivity index (χ4v) is 2.93. The van der Waals surface area contributed by atoms with Crippen LogP contribution in [-0.2, 0) is 16.6 Å². The average Bonchev–Trinajstić information content (AvgIpc) is 2.48. The van der Waals surface area contributed by atoms with Crippen molar-refractivity contribution >= 4 is 21.6 Å². The number of nitrogens with zero attached hydrogens (tertiary/aromatic N) is 1. The van der Waals surface area contributed by atoms with Gasteiger partial charge in [-0.1, -0.05) is 36.4 Å². The van der Waals surface area contributed by atoms with E-state index in [0.29, 0.717) is 23.4 Å². The number of benzene rings is 2. The second-order valence-electron chi connectivity index (χ2n) is 5.50. The summed E-state index contributed by atoms with van der Waals surface area (Å²) in [4.78, 5) is 14.2. The third-order valence-electron chi connectivity index (χ3n) is 3.47. The molecule has 0 unspecified atom stereocenters. The second-order valence-corrected chi connectivity index (χ2v) is 7.25. The normalized spacial score (nSPS) is 11.1. The molecule has 0 heterocycles. The van der Waals surface area contributed by atoms with Crippen molar-refractivity contribution in [2.45, 2.75) is 13.5 Å². The first-order valence-electron chi connectivity index (χ1n) is 7.15. The number of sulfonamides is 1. The molecule has 0 aliphatic heterocycles. The van der Waals surface area contributed by atoms with Gasteiger partial charge < -0.3 is 4.90 Å². The maximum absolute atomic E-state index is 12.6. The van der Waals surface area contributed by atoms with Gasteiger partial charge in [-0.25, -0.2) is 8.42 Å². The molecule has 0 spiro atoms. The average molecular weight is 332 g/mol. The quantitative estimate of drug-likeness (QED) is 0.915. The third-order valence-corrected chi connectivity index (χ3v) is 4.06. The SMILES string of the molecule is Cc1c(NS(C)(=O)=O)cccc1C(=O)N(C)Cc1ccccc1. The van der Waals surface area contributed by atoms with Crippen molar-refractivity contribution in [2.75, 3.05) is 18.0 Å². The van der Waals surface area contributed by atoms with Crippen LogP contribution in [0.1, 0.15) is 21.5 Å². The molecule has 122 valence electrons. The van der Waals surface area contributed by atoms with Gasteiger partial charge >= 0.3 is 0 Å². The van der Waals surface area contributed by atoms with Crippen molar-refractivity contribution in [1.82, 2.24) is 4.90 Å². The van der Waals surface area contributed by atoms with Gasteiger partial charge in [0.05, 0.1) is 11.9 Å². The number of amides is 1. The minimum Gasteiger partial charge on any atom is -0.337 e.